The van der Waals surface area contributed by atoms with Crippen molar-refractivity contribution in [2.24, 2.45) is 4.99 Å². The van der Waals surface area contributed by atoms with Crippen LogP contribution in [0.25, 0.3) is 0 Å². The number of carbonyl (C=O) groups is 1. The number of amidine groups is 1. The van der Waals surface area contributed by atoms with Gasteiger partial charge in [-0.3, -0.25) is 9.89 Å². The van der Waals surface area contributed by atoms with E-state index in [9.17, 15) is 18.7 Å². The highest BCUT2D eigenvalue weighted by Gasteiger charge is 2.56. The highest BCUT2D eigenvalue weighted by molar-refractivity contribution is 7.11. The van der Waals surface area contributed by atoms with Crippen LogP contribution in [0.1, 0.15) is 11.4 Å². The van der Waals surface area contributed by atoms with Crippen molar-refractivity contribution in [3.05, 3.63) is 27.9 Å². The van der Waals surface area contributed by atoms with Gasteiger partial charge in [0.1, 0.15) is 0 Å². The number of carboxylic acid groups (broad SMARTS) is 1. The summed E-state index contributed by atoms with van der Waals surface area (Å²) in [6.07, 6.45) is 1.34. The largest absolute Gasteiger partial charge is 0.545 e. The molecule has 0 radical (unpaired) electrons. The van der Waals surface area contributed by atoms with E-state index in [2.05, 4.69) is 15.3 Å². The zero-order valence-corrected chi connectivity index (χ0v) is 13.9. The SMILES string of the molecule is O=C([O-])C1=C(CN2C3COCC2C(F)(F)C3)NC(c2nccs2)=NC1. The first kappa shape index (κ1) is 16.6. The summed E-state index contributed by atoms with van der Waals surface area (Å²) in [5.41, 5.74) is 0.310. The average Bonchev–Trinajstić information content (AvgIpc) is 3.13. The van der Waals surface area contributed by atoms with Gasteiger partial charge >= 0.3 is 0 Å². The molecule has 0 aliphatic carbocycles. The number of hydrogen-bond donors (Lipinski definition) is 1. The molecule has 2 unspecified atom stereocenters. The van der Waals surface area contributed by atoms with Crippen LogP contribution in [0.2, 0.25) is 0 Å². The summed E-state index contributed by atoms with van der Waals surface area (Å²) in [6, 6.07) is -1.49. The maximum Gasteiger partial charge on any atom is 0.267 e. The van der Waals surface area contributed by atoms with Gasteiger partial charge in [0, 0.05) is 41.9 Å². The summed E-state index contributed by atoms with van der Waals surface area (Å²) in [5.74, 6) is -3.75. The van der Waals surface area contributed by atoms with Gasteiger partial charge in [0.2, 0.25) is 0 Å². The Labute approximate surface area is 146 Å². The number of thiazole rings is 1. The molecule has 1 aromatic rings. The van der Waals surface area contributed by atoms with Crippen LogP contribution >= 0.6 is 11.3 Å². The van der Waals surface area contributed by atoms with E-state index >= 15 is 0 Å². The van der Waals surface area contributed by atoms with Crippen LogP contribution < -0.4 is 10.4 Å². The molecule has 1 N–H and O–H groups in total. The minimum absolute atomic E-state index is 0.0190. The molecule has 2 bridgehead atoms. The second-order valence-electron chi connectivity index (χ2n) is 6.22. The molecule has 25 heavy (non-hydrogen) atoms. The van der Waals surface area contributed by atoms with Gasteiger partial charge in [-0.05, 0) is 0 Å². The fraction of sp³-hybridized carbons (Fsp3) is 0.533. The third-order valence-corrected chi connectivity index (χ3v) is 5.48. The third-order valence-electron chi connectivity index (χ3n) is 4.70. The maximum absolute atomic E-state index is 14.1. The standard InChI is InChI=1S/C15H16F2N4O3S/c16-15(17)3-8-6-24-7-11(15)21(8)5-10-9(14(22)23)4-19-12(20-10)13-18-1-2-25-13/h1-2,8,11H,3-7H2,(H,19,20)(H,22,23)/p-1. The summed E-state index contributed by atoms with van der Waals surface area (Å²) < 4.78 is 33.5. The van der Waals surface area contributed by atoms with Crippen molar-refractivity contribution >= 4 is 23.1 Å². The normalized spacial score (nSPS) is 28.6. The molecule has 0 aromatic carbocycles. The topological polar surface area (TPSA) is 89.9 Å². The lowest BCUT2D eigenvalue weighted by Gasteiger charge is -2.36. The van der Waals surface area contributed by atoms with E-state index in [0.717, 1.165) is 0 Å². The fourth-order valence-electron chi connectivity index (χ4n) is 3.47. The molecule has 2 saturated heterocycles. The number of nitrogens with one attached hydrogen (secondary N) is 1. The number of nitrogens with zero attached hydrogens (tertiary/aromatic N) is 3. The lowest BCUT2D eigenvalue weighted by molar-refractivity contribution is -0.299. The van der Waals surface area contributed by atoms with Gasteiger partial charge in [-0.15, -0.1) is 11.3 Å². The molecule has 2 atom stereocenters. The van der Waals surface area contributed by atoms with E-state index in [4.69, 9.17) is 4.74 Å². The third kappa shape index (κ3) is 2.94. The summed E-state index contributed by atoms with van der Waals surface area (Å²) in [7, 11) is 0. The number of morpholine rings is 1. The van der Waals surface area contributed by atoms with Crippen LogP contribution in [0.4, 0.5) is 8.78 Å². The van der Waals surface area contributed by atoms with Crippen LogP contribution in [0.15, 0.2) is 27.8 Å². The van der Waals surface area contributed by atoms with E-state index in [-0.39, 0.29) is 38.3 Å². The lowest BCUT2D eigenvalue weighted by atomic mass is 10.1. The van der Waals surface area contributed by atoms with Crippen LogP contribution in [0, 0.1) is 0 Å². The highest BCUT2D eigenvalue weighted by Crippen LogP contribution is 2.41. The Morgan fingerprint density at radius 3 is 3.04 bits per heavy atom. The van der Waals surface area contributed by atoms with Gasteiger partial charge < -0.3 is 20.0 Å². The quantitative estimate of drug-likeness (QED) is 0.777. The van der Waals surface area contributed by atoms with Gasteiger partial charge in [0.05, 0.1) is 31.8 Å². The van der Waals surface area contributed by atoms with Gasteiger partial charge in [-0.2, -0.15) is 0 Å². The molecule has 4 rings (SSSR count). The van der Waals surface area contributed by atoms with Crippen LogP contribution in [-0.4, -0.2) is 66.0 Å². The number of rotatable bonds is 4. The van der Waals surface area contributed by atoms with E-state index in [0.29, 0.717) is 16.5 Å². The zero-order chi connectivity index (χ0) is 17.6. The molecule has 3 aliphatic rings. The number of aliphatic carboxylic acids is 1. The Kier molecular flexibility index (Phi) is 4.05. The molecule has 134 valence electrons. The molecule has 1 aromatic heterocycles. The smallest absolute Gasteiger partial charge is 0.267 e. The molecule has 0 spiro atoms. The fourth-order valence-corrected chi connectivity index (χ4v) is 4.07. The first-order chi connectivity index (χ1) is 12.0. The van der Waals surface area contributed by atoms with E-state index in [1.54, 1.807) is 16.5 Å². The molecule has 3 aliphatic heterocycles. The number of fused-ring (bicyclic) bond motifs is 2. The van der Waals surface area contributed by atoms with Crippen molar-refractivity contribution in [3.63, 3.8) is 0 Å². The molecule has 4 heterocycles. The summed E-state index contributed by atoms with van der Waals surface area (Å²) >= 11 is 1.36. The van der Waals surface area contributed by atoms with Gasteiger partial charge in [-0.1, -0.05) is 0 Å². The predicted molar refractivity (Wildman–Crippen MR) is 83.4 cm³/mol. The average molecular weight is 369 g/mol. The molecular weight excluding hydrogens is 354 g/mol. The minimum Gasteiger partial charge on any atom is -0.545 e. The van der Waals surface area contributed by atoms with Crippen molar-refractivity contribution in [3.8, 4) is 0 Å². The summed E-state index contributed by atoms with van der Waals surface area (Å²) in [5, 5.41) is 16.8. The van der Waals surface area contributed by atoms with Gasteiger partial charge in [0.15, 0.2) is 10.8 Å². The number of hydrogen-bond acceptors (Lipinski definition) is 8. The monoisotopic (exact) mass is 369 g/mol. The number of carboxylic acids is 1. The molecule has 0 amide bonds. The van der Waals surface area contributed by atoms with E-state index in [1.807, 2.05) is 0 Å². The summed E-state index contributed by atoms with van der Waals surface area (Å²) in [6.45, 7) is 0.135. The number of halogens is 2. The molecule has 2 fully saturated rings. The van der Waals surface area contributed by atoms with Crippen molar-refractivity contribution < 1.29 is 23.4 Å². The van der Waals surface area contributed by atoms with Crippen LogP contribution in [0.5, 0.6) is 0 Å². The van der Waals surface area contributed by atoms with Crippen molar-refractivity contribution in [1.29, 1.82) is 0 Å². The first-order valence-corrected chi connectivity index (χ1v) is 8.69. The Morgan fingerprint density at radius 2 is 2.36 bits per heavy atom. The molecule has 10 heteroatoms. The van der Waals surface area contributed by atoms with Gasteiger partial charge in [0.25, 0.3) is 5.92 Å². The number of aromatic nitrogens is 1. The summed E-state index contributed by atoms with van der Waals surface area (Å²) in [4.78, 5) is 21.4. The predicted octanol–water partition coefficient (Wildman–Crippen LogP) is -0.395. The van der Waals surface area contributed by atoms with Gasteiger partial charge in [-0.25, -0.2) is 13.8 Å². The number of ether oxygens (including phenoxy) is 1. The van der Waals surface area contributed by atoms with Crippen molar-refractivity contribution in [2.45, 2.75) is 24.4 Å². The van der Waals surface area contributed by atoms with Crippen LogP contribution in [-0.2, 0) is 9.53 Å². The lowest BCUT2D eigenvalue weighted by Crippen LogP contribution is -2.52. The Balaban J connectivity index is 1.59. The Hall–Kier alpha value is -1.91. The minimum atomic E-state index is -2.84. The van der Waals surface area contributed by atoms with Crippen molar-refractivity contribution in [1.82, 2.24) is 15.2 Å². The van der Waals surface area contributed by atoms with E-state index in [1.165, 1.54) is 11.3 Å². The Morgan fingerprint density at radius 1 is 1.52 bits per heavy atom. The molecule has 7 nitrogen and oxygen atoms in total. The highest BCUT2D eigenvalue weighted by atomic mass is 32.1. The second-order valence-corrected chi connectivity index (χ2v) is 7.11. The van der Waals surface area contributed by atoms with Crippen LogP contribution in [0.3, 0.4) is 0 Å². The van der Waals surface area contributed by atoms with Crippen molar-refractivity contribution in [2.75, 3.05) is 26.3 Å². The first-order valence-electron chi connectivity index (χ1n) is 7.82. The number of aliphatic imine (C=N–C) groups is 1. The Bertz CT molecular complexity index is 750. The second kappa shape index (κ2) is 6.11. The zero-order valence-electron chi connectivity index (χ0n) is 13.1. The molecular formula is C15H15F2N4O3S-. The van der Waals surface area contributed by atoms with E-state index < -0.39 is 24.0 Å². The number of carbonyl (C=O) groups excluding carboxylic acids is 1. The maximum atomic E-state index is 14.1. The molecule has 0 saturated carbocycles. The number of alkyl halides is 2.